The minimum atomic E-state index is -1.66. The minimum absolute atomic E-state index is 0.685. The van der Waals surface area contributed by atoms with E-state index in [1.54, 1.807) is 11.1 Å². The van der Waals surface area contributed by atoms with E-state index in [-0.39, 0.29) is 0 Å². The van der Waals surface area contributed by atoms with Crippen molar-refractivity contribution in [1.29, 1.82) is 0 Å². The van der Waals surface area contributed by atoms with Crippen molar-refractivity contribution in [2.45, 2.75) is 70.1 Å². The summed E-state index contributed by atoms with van der Waals surface area (Å²) in [6, 6.07) is 24.0. The van der Waals surface area contributed by atoms with Crippen LogP contribution in [0.15, 0.2) is 97.1 Å². The molecule has 0 aromatic heterocycles. The van der Waals surface area contributed by atoms with E-state index in [2.05, 4.69) is 124 Å². The average Bonchev–Trinajstić information content (AvgIpc) is 3.48. The van der Waals surface area contributed by atoms with Gasteiger partial charge >= 0.3 is 0 Å². The van der Waals surface area contributed by atoms with Crippen LogP contribution in [-0.2, 0) is 0 Å². The van der Waals surface area contributed by atoms with Gasteiger partial charge in [0.25, 0.3) is 0 Å². The monoisotopic (exact) mass is 518 g/mol. The maximum absolute atomic E-state index is 2.87. The molecule has 2 aromatic rings. The van der Waals surface area contributed by atoms with E-state index >= 15 is 0 Å². The molecule has 0 spiro atoms. The maximum atomic E-state index is 2.87. The van der Waals surface area contributed by atoms with Crippen LogP contribution in [0.1, 0.15) is 57.6 Å². The Labute approximate surface area is 232 Å². The summed E-state index contributed by atoms with van der Waals surface area (Å²) in [5, 5.41) is 0. The first-order chi connectivity index (χ1) is 18.5. The molecule has 2 aromatic carbocycles. The molecule has 38 heavy (non-hydrogen) atoms. The summed E-state index contributed by atoms with van der Waals surface area (Å²) in [4.78, 5) is 0. The van der Waals surface area contributed by atoms with Crippen molar-refractivity contribution in [3.05, 3.63) is 108 Å². The normalized spacial score (nSPS) is 35.3. The van der Waals surface area contributed by atoms with Gasteiger partial charge in [0.1, 0.15) is 0 Å². The lowest BCUT2D eigenvalue weighted by molar-refractivity contribution is 0.487. The molecule has 1 heteroatoms. The summed E-state index contributed by atoms with van der Waals surface area (Å²) in [6.07, 6.45) is 20.4. The summed E-state index contributed by atoms with van der Waals surface area (Å²) in [7, 11) is -1.66. The van der Waals surface area contributed by atoms with Crippen LogP contribution in [-0.4, -0.2) is 8.07 Å². The van der Waals surface area contributed by atoms with Crippen LogP contribution in [0.4, 0.5) is 0 Å². The highest BCUT2D eigenvalue weighted by molar-refractivity contribution is 6.81. The Morgan fingerprint density at radius 2 is 1.13 bits per heavy atom. The van der Waals surface area contributed by atoms with Crippen molar-refractivity contribution in [3.63, 3.8) is 0 Å². The number of benzene rings is 2. The van der Waals surface area contributed by atoms with E-state index < -0.39 is 8.07 Å². The Bertz CT molecular complexity index is 1140. The summed E-state index contributed by atoms with van der Waals surface area (Å²) < 4.78 is 0. The summed E-state index contributed by atoms with van der Waals surface area (Å²) in [6.45, 7) is 10.5. The molecule has 0 bridgehead atoms. The summed E-state index contributed by atoms with van der Waals surface area (Å²) in [5.41, 5.74) is 7.83. The van der Waals surface area contributed by atoms with Gasteiger partial charge in [0.2, 0.25) is 0 Å². The Balaban J connectivity index is 1.36. The van der Waals surface area contributed by atoms with Crippen LogP contribution < -0.4 is 0 Å². The molecule has 4 aliphatic rings. The second-order valence-corrected chi connectivity index (χ2v) is 18.0. The van der Waals surface area contributed by atoms with Crippen LogP contribution in [0.3, 0.4) is 0 Å². The van der Waals surface area contributed by atoms with Gasteiger partial charge in [-0.2, -0.15) is 0 Å². The molecule has 6 rings (SSSR count). The molecule has 198 valence electrons. The van der Waals surface area contributed by atoms with E-state index in [0.717, 1.165) is 22.9 Å². The first kappa shape index (κ1) is 25.9. The van der Waals surface area contributed by atoms with Crippen LogP contribution in [0, 0.1) is 35.5 Å². The zero-order chi connectivity index (χ0) is 26.3. The Morgan fingerprint density at radius 1 is 0.684 bits per heavy atom. The molecule has 4 aliphatic carbocycles. The fourth-order valence-electron chi connectivity index (χ4n) is 9.84. The first-order valence-electron chi connectivity index (χ1n) is 15.4. The minimum Gasteiger partial charge on any atom is -0.0808 e. The van der Waals surface area contributed by atoms with Crippen molar-refractivity contribution in [1.82, 2.24) is 0 Å². The SMILES string of the molecule is CCCC[Si](C)(C1C(C)C[C@@H]2C(c3ccccc3)=CC=CC12)C1C(C)C[C@@H]2C(c3ccccc3)=CC=CC12. The van der Waals surface area contributed by atoms with E-state index in [1.165, 1.54) is 42.9 Å². The van der Waals surface area contributed by atoms with Gasteiger partial charge in [-0.25, -0.2) is 0 Å². The molecule has 0 radical (unpaired) electrons. The van der Waals surface area contributed by atoms with Crippen molar-refractivity contribution in [2.75, 3.05) is 0 Å². The molecule has 0 heterocycles. The van der Waals surface area contributed by atoms with Crippen LogP contribution in [0.25, 0.3) is 11.1 Å². The van der Waals surface area contributed by atoms with Crippen molar-refractivity contribution in [2.24, 2.45) is 35.5 Å². The number of rotatable bonds is 7. The van der Waals surface area contributed by atoms with Crippen LogP contribution in [0.5, 0.6) is 0 Å². The van der Waals surface area contributed by atoms with Crippen LogP contribution >= 0.6 is 0 Å². The van der Waals surface area contributed by atoms with E-state index in [4.69, 9.17) is 0 Å². The second-order valence-electron chi connectivity index (χ2n) is 13.2. The molecule has 0 nitrogen and oxygen atoms in total. The lowest BCUT2D eigenvalue weighted by atomic mass is 9.81. The van der Waals surface area contributed by atoms with Gasteiger partial charge in [-0.3, -0.25) is 0 Å². The lowest BCUT2D eigenvalue weighted by Crippen LogP contribution is -2.48. The molecular weight excluding hydrogens is 472 g/mol. The molecular formula is C37H46Si. The van der Waals surface area contributed by atoms with E-state index in [0.29, 0.717) is 23.7 Å². The summed E-state index contributed by atoms with van der Waals surface area (Å²) >= 11 is 0. The standard InChI is InChI=1S/C37H46Si/c1-5-6-23-38(4,36-26(2)24-34-30(19-13-21-32(34)36)28-15-9-7-10-16-28)37-27(3)25-35-31(20-14-22-33(35)37)29-17-11-8-12-18-29/h7-22,26-27,32-37H,5-6,23-25H2,1-4H3/t26?,27?,32?,33?,34-,35-,36?,37?,38?/m1/s1. The molecule has 2 fully saturated rings. The predicted octanol–water partition coefficient (Wildman–Crippen LogP) is 10.5. The molecule has 0 N–H and O–H groups in total. The van der Waals surface area contributed by atoms with Crippen LogP contribution in [0.2, 0.25) is 23.7 Å². The average molecular weight is 519 g/mol. The van der Waals surface area contributed by atoms with Gasteiger partial charge in [0.15, 0.2) is 0 Å². The number of allylic oxidation sites excluding steroid dienone is 8. The number of unbranched alkanes of at least 4 members (excludes halogenated alkanes) is 1. The smallest absolute Gasteiger partial charge is 0.0584 e. The lowest BCUT2D eigenvalue weighted by Gasteiger charge is -2.48. The first-order valence-corrected chi connectivity index (χ1v) is 18.3. The largest absolute Gasteiger partial charge is 0.0808 e. The molecule has 0 amide bonds. The van der Waals surface area contributed by atoms with Crippen molar-refractivity contribution in [3.8, 4) is 0 Å². The number of fused-ring (bicyclic) bond motifs is 2. The molecule has 6 unspecified atom stereocenters. The highest BCUT2D eigenvalue weighted by atomic mass is 28.3. The van der Waals surface area contributed by atoms with E-state index in [1.807, 2.05) is 0 Å². The van der Waals surface area contributed by atoms with Gasteiger partial charge in [-0.05, 0) is 81.7 Å². The fraction of sp³-hybridized carbons (Fsp3) is 0.459. The van der Waals surface area contributed by atoms with Gasteiger partial charge in [0, 0.05) is 0 Å². The van der Waals surface area contributed by atoms with Crippen molar-refractivity contribution >= 4 is 19.2 Å². The van der Waals surface area contributed by atoms with Gasteiger partial charge < -0.3 is 0 Å². The highest BCUT2D eigenvalue weighted by Gasteiger charge is 2.59. The zero-order valence-corrected chi connectivity index (χ0v) is 24.9. The third kappa shape index (κ3) is 4.36. The van der Waals surface area contributed by atoms with Gasteiger partial charge in [-0.15, -0.1) is 0 Å². The topological polar surface area (TPSA) is 0 Å². The number of hydrogen-bond acceptors (Lipinski definition) is 0. The Morgan fingerprint density at radius 3 is 1.55 bits per heavy atom. The molecule has 0 saturated heterocycles. The fourth-order valence-corrected chi connectivity index (χ4v) is 17.4. The number of hydrogen-bond donors (Lipinski definition) is 0. The van der Waals surface area contributed by atoms with Gasteiger partial charge in [-0.1, -0.05) is 143 Å². The Kier molecular flexibility index (Phi) is 7.25. The maximum Gasteiger partial charge on any atom is 0.0584 e. The second kappa shape index (κ2) is 10.6. The van der Waals surface area contributed by atoms with Crippen molar-refractivity contribution < 1.29 is 0 Å². The summed E-state index contributed by atoms with van der Waals surface area (Å²) in [5.74, 6) is 4.39. The zero-order valence-electron chi connectivity index (χ0n) is 23.9. The van der Waals surface area contributed by atoms with Gasteiger partial charge in [0.05, 0.1) is 8.07 Å². The van der Waals surface area contributed by atoms with E-state index in [9.17, 15) is 0 Å². The molecule has 8 atom stereocenters. The predicted molar refractivity (Wildman–Crippen MR) is 167 cm³/mol. The molecule has 0 aliphatic heterocycles. The third-order valence-corrected chi connectivity index (χ3v) is 17.4. The highest BCUT2D eigenvalue weighted by Crippen LogP contribution is 2.65. The Hall–Kier alpha value is -2.38. The quantitative estimate of drug-likeness (QED) is 0.320. The third-order valence-electron chi connectivity index (χ3n) is 11.1. The molecule has 2 saturated carbocycles.